The second-order valence-electron chi connectivity index (χ2n) is 9.50. The Labute approximate surface area is 208 Å². The van der Waals surface area contributed by atoms with Crippen LogP contribution in [0.1, 0.15) is 60.0 Å². The van der Waals surface area contributed by atoms with Crippen LogP contribution in [-0.2, 0) is 0 Å². The summed E-state index contributed by atoms with van der Waals surface area (Å²) in [5.41, 5.74) is 2.87. The van der Waals surface area contributed by atoms with Crippen LogP contribution in [0.5, 0.6) is 5.75 Å². The van der Waals surface area contributed by atoms with Crippen molar-refractivity contribution in [2.45, 2.75) is 38.5 Å². The molecule has 1 heterocycles. The average Bonchev–Trinajstić information content (AvgIpc) is 3.37. The predicted octanol–water partition coefficient (Wildman–Crippen LogP) is 7.22. The van der Waals surface area contributed by atoms with Gasteiger partial charge in [-0.3, -0.25) is 9.69 Å². The maximum Gasteiger partial charge on any atom is 0.170 e. The molecule has 4 heteroatoms. The van der Waals surface area contributed by atoms with Crippen molar-refractivity contribution in [3.05, 3.63) is 101 Å². The highest BCUT2D eigenvalue weighted by atomic mass is 35.5. The lowest BCUT2D eigenvalue weighted by molar-refractivity contribution is 0.0936. The van der Waals surface area contributed by atoms with Crippen LogP contribution in [0.25, 0.3) is 0 Å². The van der Waals surface area contributed by atoms with Gasteiger partial charge in [-0.15, -0.1) is 0 Å². The van der Waals surface area contributed by atoms with Crippen LogP contribution >= 0.6 is 11.6 Å². The Balaban J connectivity index is 1.56. The zero-order valence-electron chi connectivity index (χ0n) is 20.1. The molecule has 4 rings (SSSR count). The fourth-order valence-corrected chi connectivity index (χ4v) is 5.15. The Morgan fingerprint density at radius 2 is 1.53 bits per heavy atom. The number of likely N-dealkylation sites (tertiary alicyclic amines) is 1. The first-order chi connectivity index (χ1) is 16.5. The number of ketones is 1. The van der Waals surface area contributed by atoms with Gasteiger partial charge in [0, 0.05) is 23.0 Å². The standard InChI is InChI=1S/C30H34ClNO2/c1-22(2)28(24-10-14-26(31)15-11-24)29(23-8-4-3-5-9-23)30(33)25-12-16-27(17-13-25)34-21-20-32-18-6-7-19-32/h3-5,8-17,22,28-29H,6-7,18-21H2,1-2H3. The molecule has 1 fully saturated rings. The number of benzene rings is 3. The van der Waals surface area contributed by atoms with Crippen molar-refractivity contribution >= 4 is 17.4 Å². The van der Waals surface area contributed by atoms with Crippen LogP contribution in [0, 0.1) is 5.92 Å². The number of hydrogen-bond acceptors (Lipinski definition) is 3. The summed E-state index contributed by atoms with van der Waals surface area (Å²) in [4.78, 5) is 16.4. The van der Waals surface area contributed by atoms with Gasteiger partial charge in [0.25, 0.3) is 0 Å². The van der Waals surface area contributed by atoms with E-state index in [0.717, 1.165) is 23.4 Å². The summed E-state index contributed by atoms with van der Waals surface area (Å²) in [6.07, 6.45) is 2.57. The Morgan fingerprint density at radius 1 is 0.882 bits per heavy atom. The zero-order chi connectivity index (χ0) is 23.9. The summed E-state index contributed by atoms with van der Waals surface area (Å²) in [7, 11) is 0. The third-order valence-corrected chi connectivity index (χ3v) is 7.04. The molecule has 2 unspecified atom stereocenters. The molecule has 0 saturated carbocycles. The summed E-state index contributed by atoms with van der Waals surface area (Å²) < 4.78 is 5.95. The first kappa shape index (κ1) is 24.5. The van der Waals surface area contributed by atoms with Crippen molar-refractivity contribution in [2.24, 2.45) is 5.92 Å². The highest BCUT2D eigenvalue weighted by molar-refractivity contribution is 6.30. The van der Waals surface area contributed by atoms with E-state index in [2.05, 4.69) is 30.9 Å². The Kier molecular flexibility index (Phi) is 8.42. The Hall–Kier alpha value is -2.62. The molecule has 0 radical (unpaired) electrons. The van der Waals surface area contributed by atoms with Gasteiger partial charge >= 0.3 is 0 Å². The van der Waals surface area contributed by atoms with Crippen molar-refractivity contribution in [1.29, 1.82) is 0 Å². The summed E-state index contributed by atoms with van der Waals surface area (Å²) in [6.45, 7) is 8.32. The van der Waals surface area contributed by atoms with E-state index >= 15 is 0 Å². The Morgan fingerprint density at radius 3 is 2.15 bits per heavy atom. The first-order valence-electron chi connectivity index (χ1n) is 12.3. The maximum atomic E-state index is 14.0. The van der Waals surface area contributed by atoms with E-state index < -0.39 is 0 Å². The number of carbonyl (C=O) groups excluding carboxylic acids is 1. The van der Waals surface area contributed by atoms with Gasteiger partial charge in [-0.2, -0.15) is 0 Å². The van der Waals surface area contributed by atoms with Gasteiger partial charge < -0.3 is 4.74 Å². The maximum absolute atomic E-state index is 14.0. The lowest BCUT2D eigenvalue weighted by atomic mass is 9.72. The van der Waals surface area contributed by atoms with Crippen molar-refractivity contribution < 1.29 is 9.53 Å². The van der Waals surface area contributed by atoms with Crippen LogP contribution in [0.4, 0.5) is 0 Å². The average molecular weight is 476 g/mol. The molecule has 0 aromatic heterocycles. The molecule has 3 nitrogen and oxygen atoms in total. The van der Waals surface area contributed by atoms with E-state index in [0.29, 0.717) is 17.2 Å². The minimum Gasteiger partial charge on any atom is -0.492 e. The lowest BCUT2D eigenvalue weighted by Gasteiger charge is -2.30. The molecule has 178 valence electrons. The van der Waals surface area contributed by atoms with E-state index in [9.17, 15) is 4.79 Å². The lowest BCUT2D eigenvalue weighted by Crippen LogP contribution is -2.25. The monoisotopic (exact) mass is 475 g/mol. The second-order valence-corrected chi connectivity index (χ2v) is 9.93. The normalized spacial score (nSPS) is 15.9. The van der Waals surface area contributed by atoms with E-state index in [4.69, 9.17) is 16.3 Å². The first-order valence-corrected chi connectivity index (χ1v) is 12.7. The molecule has 0 N–H and O–H groups in total. The molecule has 1 aliphatic heterocycles. The topological polar surface area (TPSA) is 29.5 Å². The smallest absolute Gasteiger partial charge is 0.170 e. The van der Waals surface area contributed by atoms with E-state index in [-0.39, 0.29) is 23.5 Å². The second kappa shape index (κ2) is 11.7. The highest BCUT2D eigenvalue weighted by Gasteiger charge is 2.33. The zero-order valence-corrected chi connectivity index (χ0v) is 20.9. The van der Waals surface area contributed by atoms with Gasteiger partial charge in [0.2, 0.25) is 0 Å². The van der Waals surface area contributed by atoms with Crippen LogP contribution in [-0.4, -0.2) is 36.9 Å². The van der Waals surface area contributed by atoms with Gasteiger partial charge in [0.1, 0.15) is 12.4 Å². The van der Waals surface area contributed by atoms with Crippen LogP contribution in [0.2, 0.25) is 5.02 Å². The van der Waals surface area contributed by atoms with Gasteiger partial charge in [0.05, 0.1) is 5.92 Å². The summed E-state index contributed by atoms with van der Waals surface area (Å²) in [5, 5.41) is 0.703. The summed E-state index contributed by atoms with van der Waals surface area (Å²) in [5.74, 6) is 0.949. The molecule has 2 atom stereocenters. The largest absolute Gasteiger partial charge is 0.492 e. The van der Waals surface area contributed by atoms with Gasteiger partial charge in [0.15, 0.2) is 5.78 Å². The highest BCUT2D eigenvalue weighted by Crippen LogP contribution is 2.41. The van der Waals surface area contributed by atoms with Crippen molar-refractivity contribution in [1.82, 2.24) is 4.90 Å². The fraction of sp³-hybridized carbons (Fsp3) is 0.367. The number of hydrogen-bond donors (Lipinski definition) is 0. The van der Waals surface area contributed by atoms with Crippen LogP contribution < -0.4 is 4.74 Å². The number of halogens is 1. The molecule has 0 amide bonds. The Bertz CT molecular complexity index is 1040. The molecule has 3 aromatic carbocycles. The van der Waals surface area contributed by atoms with E-state index in [1.807, 2.05) is 66.7 Å². The van der Waals surface area contributed by atoms with Crippen molar-refractivity contribution in [3.8, 4) is 5.75 Å². The predicted molar refractivity (Wildman–Crippen MR) is 140 cm³/mol. The summed E-state index contributed by atoms with van der Waals surface area (Å²) >= 11 is 6.16. The van der Waals surface area contributed by atoms with Crippen molar-refractivity contribution in [3.63, 3.8) is 0 Å². The van der Waals surface area contributed by atoms with Crippen LogP contribution in [0.15, 0.2) is 78.9 Å². The molecular formula is C30H34ClNO2. The molecule has 34 heavy (non-hydrogen) atoms. The van der Waals surface area contributed by atoms with Gasteiger partial charge in [-0.25, -0.2) is 0 Å². The fourth-order valence-electron chi connectivity index (χ4n) is 5.02. The summed E-state index contributed by atoms with van der Waals surface area (Å²) in [6, 6.07) is 25.7. The number of carbonyl (C=O) groups is 1. The third kappa shape index (κ3) is 6.08. The minimum atomic E-state index is -0.288. The quantitative estimate of drug-likeness (QED) is 0.290. The minimum absolute atomic E-state index is 0.0311. The van der Waals surface area contributed by atoms with Gasteiger partial charge in [-0.05, 0) is 79.4 Å². The molecule has 3 aromatic rings. The van der Waals surface area contributed by atoms with E-state index in [1.54, 1.807) is 0 Å². The SMILES string of the molecule is CC(C)C(c1ccc(Cl)cc1)C(C(=O)c1ccc(OCCN2CCCC2)cc1)c1ccccc1. The van der Waals surface area contributed by atoms with Gasteiger partial charge in [-0.1, -0.05) is 67.9 Å². The molecule has 0 bridgehead atoms. The molecule has 1 saturated heterocycles. The molecular weight excluding hydrogens is 442 g/mol. The molecule has 0 aliphatic carbocycles. The van der Waals surface area contributed by atoms with E-state index in [1.165, 1.54) is 25.9 Å². The number of rotatable bonds is 10. The third-order valence-electron chi connectivity index (χ3n) is 6.79. The molecule has 1 aliphatic rings. The number of Topliss-reactive ketones (excluding diaryl/α,β-unsaturated/α-hetero) is 1. The van der Waals surface area contributed by atoms with Crippen molar-refractivity contribution in [2.75, 3.05) is 26.2 Å². The molecule has 0 spiro atoms. The van der Waals surface area contributed by atoms with Crippen LogP contribution in [0.3, 0.4) is 0 Å². The number of ether oxygens (including phenoxy) is 1. The number of nitrogens with zero attached hydrogens (tertiary/aromatic N) is 1.